The molecular formula is C12H20O2. The van der Waals surface area contributed by atoms with Crippen molar-refractivity contribution in [3.8, 4) is 0 Å². The Morgan fingerprint density at radius 1 is 1.14 bits per heavy atom. The number of fused-ring (bicyclic) bond motifs is 2. The second-order valence-electron chi connectivity index (χ2n) is 5.47. The molecular weight excluding hydrogens is 176 g/mol. The molecule has 2 rings (SSSR count). The Bertz CT molecular complexity index is 235. The van der Waals surface area contributed by atoms with Crippen LogP contribution < -0.4 is 0 Å². The normalized spacial score (nSPS) is 41.9. The summed E-state index contributed by atoms with van der Waals surface area (Å²) < 4.78 is 5.58. The van der Waals surface area contributed by atoms with Gasteiger partial charge in [0.15, 0.2) is 0 Å². The molecule has 0 heterocycles. The molecule has 0 aromatic heterocycles. The van der Waals surface area contributed by atoms with Crippen molar-refractivity contribution in [2.75, 3.05) is 0 Å². The average Bonchev–Trinajstić information content (AvgIpc) is 1.99. The molecule has 0 aliphatic heterocycles. The van der Waals surface area contributed by atoms with Crippen LogP contribution in [-0.4, -0.2) is 11.6 Å². The van der Waals surface area contributed by atoms with Gasteiger partial charge in [-0.2, -0.15) is 0 Å². The van der Waals surface area contributed by atoms with E-state index in [1.807, 2.05) is 0 Å². The molecule has 0 spiro atoms. The van der Waals surface area contributed by atoms with Crippen LogP contribution in [0.5, 0.6) is 0 Å². The number of esters is 1. The Balaban J connectivity index is 2.13. The van der Waals surface area contributed by atoms with E-state index in [1.54, 1.807) is 0 Å². The van der Waals surface area contributed by atoms with Gasteiger partial charge in [0.1, 0.15) is 5.60 Å². The Morgan fingerprint density at radius 2 is 1.71 bits per heavy atom. The third-order valence-electron chi connectivity index (χ3n) is 3.93. The molecule has 2 bridgehead atoms. The first kappa shape index (κ1) is 10.0. The van der Waals surface area contributed by atoms with Crippen molar-refractivity contribution in [2.45, 2.75) is 64.4 Å². The summed E-state index contributed by atoms with van der Waals surface area (Å²) in [6.45, 7) is 3.89. The average molecular weight is 196 g/mol. The Hall–Kier alpha value is -0.530. The smallest absolute Gasteiger partial charge is 0.303 e. The lowest BCUT2D eigenvalue weighted by molar-refractivity contribution is -0.172. The second-order valence-corrected chi connectivity index (χ2v) is 5.47. The van der Waals surface area contributed by atoms with Crippen molar-refractivity contribution in [3.05, 3.63) is 0 Å². The topological polar surface area (TPSA) is 26.3 Å². The van der Waals surface area contributed by atoms with Crippen molar-refractivity contribution in [1.29, 1.82) is 0 Å². The van der Waals surface area contributed by atoms with Crippen molar-refractivity contribution in [1.82, 2.24) is 0 Å². The summed E-state index contributed by atoms with van der Waals surface area (Å²) in [5.41, 5.74) is 0.364. The molecule has 14 heavy (non-hydrogen) atoms. The second kappa shape index (κ2) is 3.25. The van der Waals surface area contributed by atoms with Crippen molar-refractivity contribution in [3.63, 3.8) is 0 Å². The van der Waals surface area contributed by atoms with E-state index in [0.29, 0.717) is 5.41 Å². The summed E-state index contributed by atoms with van der Waals surface area (Å²) in [6.07, 6.45) is 8.35. The summed E-state index contributed by atoms with van der Waals surface area (Å²) in [6, 6.07) is 0. The zero-order chi connectivity index (χ0) is 10.2. The van der Waals surface area contributed by atoms with Gasteiger partial charge >= 0.3 is 5.97 Å². The van der Waals surface area contributed by atoms with Gasteiger partial charge in [-0.25, -0.2) is 0 Å². The van der Waals surface area contributed by atoms with E-state index in [1.165, 1.54) is 32.6 Å². The fourth-order valence-corrected chi connectivity index (χ4v) is 3.50. The zero-order valence-corrected chi connectivity index (χ0v) is 9.27. The summed E-state index contributed by atoms with van der Waals surface area (Å²) in [7, 11) is 0. The van der Waals surface area contributed by atoms with Gasteiger partial charge in [0.2, 0.25) is 0 Å². The number of rotatable bonds is 1. The molecule has 2 heteroatoms. The fraction of sp³-hybridized carbons (Fsp3) is 0.917. The maximum Gasteiger partial charge on any atom is 0.303 e. The highest BCUT2D eigenvalue weighted by molar-refractivity contribution is 5.66. The van der Waals surface area contributed by atoms with Crippen LogP contribution in [0.15, 0.2) is 0 Å². The summed E-state index contributed by atoms with van der Waals surface area (Å²) in [4.78, 5) is 11.1. The monoisotopic (exact) mass is 196 g/mol. The standard InChI is InChI=1S/C12H20O2/c1-10(13)14-12-7-3-5-11(2,9-12)6-4-8-12/h3-9H2,1-2H3. The lowest BCUT2D eigenvalue weighted by Crippen LogP contribution is -2.46. The molecule has 80 valence electrons. The van der Waals surface area contributed by atoms with Gasteiger partial charge in [0.25, 0.3) is 0 Å². The molecule has 2 aliphatic rings. The maximum absolute atomic E-state index is 11.1. The molecule has 0 saturated heterocycles. The highest BCUT2D eigenvalue weighted by atomic mass is 16.6. The molecule has 2 fully saturated rings. The molecule has 2 saturated carbocycles. The first-order valence-corrected chi connectivity index (χ1v) is 5.73. The van der Waals surface area contributed by atoms with Crippen LogP contribution in [0, 0.1) is 5.41 Å². The van der Waals surface area contributed by atoms with E-state index in [0.717, 1.165) is 19.3 Å². The highest BCUT2D eigenvalue weighted by Gasteiger charge is 2.47. The molecule has 0 aromatic carbocycles. The number of hydrogen-bond acceptors (Lipinski definition) is 2. The Labute approximate surface area is 86.0 Å². The van der Waals surface area contributed by atoms with Crippen molar-refractivity contribution >= 4 is 5.97 Å². The molecule has 2 nitrogen and oxygen atoms in total. The van der Waals surface area contributed by atoms with Crippen LogP contribution in [-0.2, 0) is 9.53 Å². The predicted molar refractivity (Wildman–Crippen MR) is 54.9 cm³/mol. The van der Waals surface area contributed by atoms with Crippen LogP contribution in [0.2, 0.25) is 0 Å². The number of hydrogen-bond donors (Lipinski definition) is 0. The SMILES string of the molecule is CC(=O)OC12CCCC(C)(CCC1)C2. The molecule has 0 radical (unpaired) electrons. The molecule has 0 atom stereocenters. The van der Waals surface area contributed by atoms with Crippen LogP contribution in [0.25, 0.3) is 0 Å². The zero-order valence-electron chi connectivity index (χ0n) is 9.27. The van der Waals surface area contributed by atoms with Crippen LogP contribution >= 0.6 is 0 Å². The molecule has 0 aromatic rings. The van der Waals surface area contributed by atoms with Gasteiger partial charge in [0, 0.05) is 6.92 Å². The van der Waals surface area contributed by atoms with E-state index in [2.05, 4.69) is 6.92 Å². The largest absolute Gasteiger partial charge is 0.459 e. The van der Waals surface area contributed by atoms with Gasteiger partial charge in [0.05, 0.1) is 0 Å². The number of ether oxygens (including phenoxy) is 1. The summed E-state index contributed by atoms with van der Waals surface area (Å²) >= 11 is 0. The van der Waals surface area contributed by atoms with Gasteiger partial charge < -0.3 is 4.74 Å². The third-order valence-corrected chi connectivity index (χ3v) is 3.93. The fourth-order valence-electron chi connectivity index (χ4n) is 3.50. The van der Waals surface area contributed by atoms with Crippen LogP contribution in [0.4, 0.5) is 0 Å². The summed E-state index contributed by atoms with van der Waals surface area (Å²) in [5, 5.41) is 0. The molecule has 2 aliphatic carbocycles. The maximum atomic E-state index is 11.1. The van der Waals surface area contributed by atoms with E-state index < -0.39 is 0 Å². The minimum absolute atomic E-state index is 0.0862. The lowest BCUT2D eigenvalue weighted by atomic mass is 9.61. The molecule has 0 amide bonds. The minimum Gasteiger partial charge on any atom is -0.459 e. The van der Waals surface area contributed by atoms with Gasteiger partial charge in [-0.15, -0.1) is 0 Å². The van der Waals surface area contributed by atoms with Crippen LogP contribution in [0.1, 0.15) is 58.8 Å². The van der Waals surface area contributed by atoms with Crippen molar-refractivity contribution < 1.29 is 9.53 Å². The molecule has 0 unspecified atom stereocenters. The van der Waals surface area contributed by atoms with E-state index >= 15 is 0 Å². The highest BCUT2D eigenvalue weighted by Crippen LogP contribution is 2.52. The first-order valence-electron chi connectivity index (χ1n) is 5.73. The van der Waals surface area contributed by atoms with E-state index in [4.69, 9.17) is 4.74 Å². The van der Waals surface area contributed by atoms with Crippen LogP contribution in [0.3, 0.4) is 0 Å². The number of carbonyl (C=O) groups is 1. The first-order chi connectivity index (χ1) is 6.54. The van der Waals surface area contributed by atoms with E-state index in [-0.39, 0.29) is 11.6 Å². The molecule has 0 N–H and O–H groups in total. The Kier molecular flexibility index (Phi) is 2.32. The quantitative estimate of drug-likeness (QED) is 0.602. The van der Waals surface area contributed by atoms with Crippen molar-refractivity contribution in [2.24, 2.45) is 5.41 Å². The predicted octanol–water partition coefficient (Wildman–Crippen LogP) is 3.05. The minimum atomic E-state index is -0.101. The van der Waals surface area contributed by atoms with Gasteiger partial charge in [-0.05, 0) is 50.4 Å². The van der Waals surface area contributed by atoms with Gasteiger partial charge in [-0.1, -0.05) is 6.92 Å². The van der Waals surface area contributed by atoms with Gasteiger partial charge in [-0.3, -0.25) is 4.79 Å². The number of carbonyl (C=O) groups excluding carboxylic acids is 1. The van der Waals surface area contributed by atoms with E-state index in [9.17, 15) is 4.79 Å². The summed E-state index contributed by atoms with van der Waals surface area (Å²) in [5.74, 6) is -0.101. The lowest BCUT2D eigenvalue weighted by Gasteiger charge is -2.50. The Morgan fingerprint density at radius 3 is 2.21 bits per heavy atom. The third kappa shape index (κ3) is 1.79.